The van der Waals surface area contributed by atoms with Crippen LogP contribution in [0.1, 0.15) is 0 Å². The molecule has 40 heavy (non-hydrogen) atoms. The number of benzene rings is 7. The van der Waals surface area contributed by atoms with Gasteiger partial charge in [0.25, 0.3) is 0 Å². The first-order valence-electron chi connectivity index (χ1n) is 13.6. The highest BCUT2D eigenvalue weighted by Gasteiger charge is 2.21. The molecule has 0 aliphatic heterocycles. The normalized spacial score (nSPS) is 12.0. The Hall–Kier alpha value is -4.92. The minimum atomic E-state index is 0.951. The molecule has 0 radical (unpaired) electrons. The number of para-hydroxylation sites is 1. The predicted molar refractivity (Wildman–Crippen MR) is 172 cm³/mol. The van der Waals surface area contributed by atoms with Gasteiger partial charge in [0, 0.05) is 21.9 Å². The molecule has 2 aromatic heterocycles. The van der Waals surface area contributed by atoms with Crippen molar-refractivity contribution in [1.82, 2.24) is 0 Å². The Bertz CT molecular complexity index is 2380. The molecule has 0 unspecified atom stereocenters. The highest BCUT2D eigenvalue weighted by Crippen LogP contribution is 2.48. The maximum absolute atomic E-state index is 6.79. The van der Waals surface area contributed by atoms with Crippen LogP contribution < -0.4 is 0 Å². The Morgan fingerprint density at radius 2 is 0.925 bits per heavy atom. The van der Waals surface area contributed by atoms with E-state index in [1.165, 1.54) is 64.5 Å². The second kappa shape index (κ2) is 8.29. The van der Waals surface area contributed by atoms with Crippen LogP contribution in [-0.2, 0) is 0 Å². The summed E-state index contributed by atoms with van der Waals surface area (Å²) < 4.78 is 8.00. The maximum atomic E-state index is 6.79. The van der Waals surface area contributed by atoms with Gasteiger partial charge < -0.3 is 4.42 Å². The molecule has 0 spiro atoms. The Kier molecular flexibility index (Phi) is 4.55. The molecular weight excluding hydrogens is 504 g/mol. The van der Waals surface area contributed by atoms with Crippen LogP contribution in [0.4, 0.5) is 0 Å². The summed E-state index contributed by atoms with van der Waals surface area (Å²) in [6.45, 7) is 0. The second-order valence-electron chi connectivity index (χ2n) is 10.4. The van der Waals surface area contributed by atoms with E-state index in [1.807, 2.05) is 0 Å². The van der Waals surface area contributed by atoms with E-state index in [0.717, 1.165) is 22.1 Å². The predicted octanol–water partition coefficient (Wildman–Crippen LogP) is 11.6. The Morgan fingerprint density at radius 1 is 0.375 bits per heavy atom. The van der Waals surface area contributed by atoms with Crippen molar-refractivity contribution in [3.8, 4) is 22.3 Å². The van der Waals surface area contributed by atoms with Crippen LogP contribution >= 0.6 is 11.3 Å². The first-order valence-corrected chi connectivity index (χ1v) is 14.5. The smallest absolute Gasteiger partial charge is 0.153 e. The van der Waals surface area contributed by atoms with Crippen molar-refractivity contribution in [3.05, 3.63) is 133 Å². The third kappa shape index (κ3) is 2.97. The molecule has 0 saturated heterocycles. The molecule has 0 saturated carbocycles. The van der Waals surface area contributed by atoms with Gasteiger partial charge >= 0.3 is 0 Å². The molecule has 0 amide bonds. The van der Waals surface area contributed by atoms with Crippen LogP contribution in [0.3, 0.4) is 0 Å². The summed E-state index contributed by atoms with van der Waals surface area (Å²) in [7, 11) is 0. The van der Waals surface area contributed by atoms with Gasteiger partial charge in [-0.25, -0.2) is 0 Å². The van der Waals surface area contributed by atoms with Gasteiger partial charge in [-0.1, -0.05) is 115 Å². The molecule has 2 heteroatoms. The first kappa shape index (κ1) is 22.0. The van der Waals surface area contributed by atoms with Crippen LogP contribution in [0.5, 0.6) is 0 Å². The van der Waals surface area contributed by atoms with Crippen molar-refractivity contribution in [2.24, 2.45) is 0 Å². The lowest BCUT2D eigenvalue weighted by molar-refractivity contribution is 0.674. The minimum absolute atomic E-state index is 0.951. The number of furan rings is 1. The molecule has 186 valence electrons. The molecular formula is C38H22OS. The van der Waals surface area contributed by atoms with Crippen molar-refractivity contribution >= 4 is 75.7 Å². The monoisotopic (exact) mass is 526 g/mol. The summed E-state index contributed by atoms with van der Waals surface area (Å²) in [4.78, 5) is 0. The fourth-order valence-corrected chi connectivity index (χ4v) is 7.51. The van der Waals surface area contributed by atoms with E-state index < -0.39 is 0 Å². The van der Waals surface area contributed by atoms with Gasteiger partial charge in [-0.3, -0.25) is 0 Å². The lowest BCUT2D eigenvalue weighted by Crippen LogP contribution is -1.91. The molecule has 0 atom stereocenters. The van der Waals surface area contributed by atoms with Crippen LogP contribution in [0.2, 0.25) is 0 Å². The molecule has 9 rings (SSSR count). The van der Waals surface area contributed by atoms with E-state index >= 15 is 0 Å². The second-order valence-corrected chi connectivity index (χ2v) is 11.3. The van der Waals surface area contributed by atoms with Crippen molar-refractivity contribution in [1.29, 1.82) is 0 Å². The number of hydrogen-bond acceptors (Lipinski definition) is 2. The average molecular weight is 527 g/mol. The third-order valence-corrected chi connectivity index (χ3v) is 9.27. The standard InChI is InChI=1S/C38H22OS/c1-2-11-25-23(9-1)10-7-16-26(25)34-27-12-3-5-14-29(27)35(30-15-6-4-13-28(30)34)33-18-8-17-31-32-20-19-24-21-22-40-38(24)37(32)39-36(31)33/h1-22H. The lowest BCUT2D eigenvalue weighted by atomic mass is 9.84. The Morgan fingerprint density at radius 3 is 1.68 bits per heavy atom. The summed E-state index contributed by atoms with van der Waals surface area (Å²) in [6, 6.07) is 46.2. The summed E-state index contributed by atoms with van der Waals surface area (Å²) in [5.41, 5.74) is 6.84. The van der Waals surface area contributed by atoms with Gasteiger partial charge in [-0.2, -0.15) is 0 Å². The maximum Gasteiger partial charge on any atom is 0.153 e. The van der Waals surface area contributed by atoms with E-state index in [0.29, 0.717) is 0 Å². The number of rotatable bonds is 2. The Labute approximate surface area is 234 Å². The van der Waals surface area contributed by atoms with E-state index in [1.54, 1.807) is 11.3 Å². The first-order chi connectivity index (χ1) is 19.9. The molecule has 0 bridgehead atoms. The van der Waals surface area contributed by atoms with Crippen molar-refractivity contribution < 1.29 is 4.42 Å². The zero-order valence-electron chi connectivity index (χ0n) is 21.5. The molecule has 0 aliphatic rings. The topological polar surface area (TPSA) is 13.1 Å². The molecule has 0 N–H and O–H groups in total. The van der Waals surface area contributed by atoms with E-state index in [2.05, 4.69) is 133 Å². The van der Waals surface area contributed by atoms with Gasteiger partial charge in [0.15, 0.2) is 5.58 Å². The lowest BCUT2D eigenvalue weighted by Gasteiger charge is -2.18. The van der Waals surface area contributed by atoms with Gasteiger partial charge in [-0.15, -0.1) is 11.3 Å². The Balaban J connectivity index is 1.46. The largest absolute Gasteiger partial charge is 0.454 e. The quantitative estimate of drug-likeness (QED) is 0.204. The number of thiophene rings is 1. The third-order valence-electron chi connectivity index (χ3n) is 8.35. The van der Waals surface area contributed by atoms with Gasteiger partial charge in [-0.05, 0) is 66.3 Å². The van der Waals surface area contributed by atoms with Gasteiger partial charge in [0.2, 0.25) is 0 Å². The number of hydrogen-bond donors (Lipinski definition) is 0. The van der Waals surface area contributed by atoms with Crippen LogP contribution in [0.25, 0.3) is 86.6 Å². The highest BCUT2D eigenvalue weighted by atomic mass is 32.1. The highest BCUT2D eigenvalue weighted by molar-refractivity contribution is 7.18. The molecule has 2 heterocycles. The van der Waals surface area contributed by atoms with Gasteiger partial charge in [0.1, 0.15) is 5.58 Å². The molecule has 1 nitrogen and oxygen atoms in total. The fraction of sp³-hybridized carbons (Fsp3) is 0. The van der Waals surface area contributed by atoms with Crippen molar-refractivity contribution in [2.45, 2.75) is 0 Å². The SMILES string of the molecule is c1ccc2c(-c3c4ccccc4c(-c4cccc5c4oc4c5ccc5ccsc54)c4ccccc34)cccc2c1. The number of fused-ring (bicyclic) bond motifs is 8. The van der Waals surface area contributed by atoms with Crippen LogP contribution in [0, 0.1) is 0 Å². The molecule has 0 fully saturated rings. The summed E-state index contributed by atoms with van der Waals surface area (Å²) in [5, 5.41) is 13.2. The zero-order valence-corrected chi connectivity index (χ0v) is 22.3. The van der Waals surface area contributed by atoms with Crippen LogP contribution in [-0.4, -0.2) is 0 Å². The fourth-order valence-electron chi connectivity index (χ4n) is 6.63. The van der Waals surface area contributed by atoms with Crippen LogP contribution in [0.15, 0.2) is 137 Å². The molecule has 9 aromatic rings. The average Bonchev–Trinajstić information content (AvgIpc) is 3.65. The molecule has 7 aromatic carbocycles. The van der Waals surface area contributed by atoms with E-state index in [4.69, 9.17) is 4.42 Å². The van der Waals surface area contributed by atoms with Crippen molar-refractivity contribution in [3.63, 3.8) is 0 Å². The summed E-state index contributed by atoms with van der Waals surface area (Å²) >= 11 is 1.75. The van der Waals surface area contributed by atoms with Crippen molar-refractivity contribution in [2.75, 3.05) is 0 Å². The zero-order chi connectivity index (χ0) is 26.2. The molecule has 0 aliphatic carbocycles. The minimum Gasteiger partial charge on any atom is -0.454 e. The van der Waals surface area contributed by atoms with E-state index in [9.17, 15) is 0 Å². The summed E-state index contributed by atoms with van der Waals surface area (Å²) in [6.07, 6.45) is 0. The summed E-state index contributed by atoms with van der Waals surface area (Å²) in [5.74, 6) is 0. The van der Waals surface area contributed by atoms with Gasteiger partial charge in [0.05, 0.1) is 4.70 Å². The van der Waals surface area contributed by atoms with E-state index in [-0.39, 0.29) is 0 Å².